The molecule has 25 heavy (non-hydrogen) atoms. The smallest absolute Gasteiger partial charge is 0.258 e. The van der Waals surface area contributed by atoms with E-state index in [1.807, 2.05) is 48.5 Å². The first-order valence-corrected chi connectivity index (χ1v) is 8.47. The van der Waals surface area contributed by atoms with Crippen LogP contribution < -0.4 is 5.32 Å². The Bertz CT molecular complexity index is 911. The minimum absolute atomic E-state index is 0.0566. The molecule has 2 aromatic carbocycles. The lowest BCUT2D eigenvalue weighted by atomic mass is 10.0. The van der Waals surface area contributed by atoms with E-state index in [1.54, 1.807) is 0 Å². The van der Waals surface area contributed by atoms with Gasteiger partial charge in [-0.25, -0.2) is 0 Å². The number of para-hydroxylation sites is 1. The minimum atomic E-state index is -0.191. The van der Waals surface area contributed by atoms with E-state index in [1.165, 1.54) is 5.56 Å². The summed E-state index contributed by atoms with van der Waals surface area (Å²) in [4.78, 5) is 15.1. The molecule has 3 aromatic rings. The van der Waals surface area contributed by atoms with Gasteiger partial charge in [0.2, 0.25) is 0 Å². The highest BCUT2D eigenvalue weighted by molar-refractivity contribution is 6.01. The van der Waals surface area contributed by atoms with Crippen LogP contribution in [0, 0.1) is 6.92 Å². The first-order chi connectivity index (χ1) is 12.1. The van der Waals surface area contributed by atoms with Crippen molar-refractivity contribution in [3.63, 3.8) is 0 Å². The van der Waals surface area contributed by atoms with Gasteiger partial charge in [-0.2, -0.15) is 0 Å². The topological polar surface area (TPSA) is 37.3 Å². The van der Waals surface area contributed by atoms with Crippen molar-refractivity contribution >= 4 is 11.6 Å². The summed E-state index contributed by atoms with van der Waals surface area (Å²) in [6.07, 6.45) is 1.81. The number of nitrogens with one attached hydrogen (secondary N) is 1. The van der Waals surface area contributed by atoms with Crippen LogP contribution in [0.25, 0.3) is 0 Å². The van der Waals surface area contributed by atoms with Gasteiger partial charge in [-0.05, 0) is 36.8 Å². The molecule has 1 N–H and O–H groups in total. The Kier molecular flexibility index (Phi) is 3.80. The molecule has 1 atom stereocenters. The first-order valence-electron chi connectivity index (χ1n) is 8.47. The van der Waals surface area contributed by atoms with Crippen molar-refractivity contribution in [2.45, 2.75) is 19.6 Å². The minimum Gasteiger partial charge on any atom is -0.360 e. The van der Waals surface area contributed by atoms with Gasteiger partial charge in [0.1, 0.15) is 6.17 Å². The Morgan fingerprint density at radius 2 is 1.76 bits per heavy atom. The van der Waals surface area contributed by atoms with Crippen molar-refractivity contribution in [1.82, 2.24) is 9.47 Å². The van der Waals surface area contributed by atoms with Gasteiger partial charge in [-0.3, -0.25) is 4.79 Å². The van der Waals surface area contributed by atoms with E-state index in [9.17, 15) is 4.79 Å². The highest BCUT2D eigenvalue weighted by atomic mass is 16.2. The van der Waals surface area contributed by atoms with E-state index in [-0.39, 0.29) is 12.1 Å². The van der Waals surface area contributed by atoms with Crippen LogP contribution in [0.4, 0.5) is 5.69 Å². The van der Waals surface area contributed by atoms with Gasteiger partial charge in [-0.15, -0.1) is 0 Å². The molecule has 1 amide bonds. The zero-order valence-corrected chi connectivity index (χ0v) is 14.4. The number of aryl methyl sites for hydroxylation is 2. The monoisotopic (exact) mass is 331 g/mol. The molecule has 0 bridgehead atoms. The number of carbonyl (C=O) groups excluding carboxylic acids is 1. The first kappa shape index (κ1) is 15.5. The van der Waals surface area contributed by atoms with Gasteiger partial charge in [0.25, 0.3) is 5.91 Å². The SMILES string of the molecule is Cc1ccc(CN2C(=O)c3ccccc3NC2c2cccn2C)cc1. The van der Waals surface area contributed by atoms with Crippen LogP contribution in [0.5, 0.6) is 0 Å². The molecule has 1 unspecified atom stereocenters. The second-order valence-electron chi connectivity index (χ2n) is 6.56. The molecule has 1 aromatic heterocycles. The number of benzene rings is 2. The number of nitrogens with zero attached hydrogens (tertiary/aromatic N) is 2. The van der Waals surface area contributed by atoms with Crippen molar-refractivity contribution in [1.29, 1.82) is 0 Å². The summed E-state index contributed by atoms with van der Waals surface area (Å²) in [6.45, 7) is 2.64. The Morgan fingerprint density at radius 3 is 2.48 bits per heavy atom. The zero-order chi connectivity index (χ0) is 17.4. The Morgan fingerprint density at radius 1 is 1.00 bits per heavy atom. The van der Waals surface area contributed by atoms with E-state index in [4.69, 9.17) is 0 Å². The highest BCUT2D eigenvalue weighted by Crippen LogP contribution is 2.34. The van der Waals surface area contributed by atoms with E-state index in [2.05, 4.69) is 47.1 Å². The molecule has 4 heteroatoms. The quantitative estimate of drug-likeness (QED) is 0.784. The Hall–Kier alpha value is -3.01. The molecule has 4 nitrogen and oxygen atoms in total. The third kappa shape index (κ3) is 2.80. The van der Waals surface area contributed by atoms with Gasteiger partial charge in [0.15, 0.2) is 0 Å². The van der Waals surface area contributed by atoms with Crippen molar-refractivity contribution in [3.05, 3.63) is 89.2 Å². The van der Waals surface area contributed by atoms with Gasteiger partial charge in [-0.1, -0.05) is 42.0 Å². The normalized spacial score (nSPS) is 16.5. The zero-order valence-electron chi connectivity index (χ0n) is 14.4. The molecule has 4 rings (SSSR count). The molecule has 0 radical (unpaired) electrons. The van der Waals surface area contributed by atoms with Crippen molar-refractivity contribution < 1.29 is 4.79 Å². The van der Waals surface area contributed by atoms with E-state index < -0.39 is 0 Å². The number of anilines is 1. The molecule has 1 aliphatic rings. The van der Waals surface area contributed by atoms with Crippen molar-refractivity contribution in [3.8, 4) is 0 Å². The van der Waals surface area contributed by atoms with Crippen molar-refractivity contribution in [2.24, 2.45) is 7.05 Å². The number of fused-ring (bicyclic) bond motifs is 1. The summed E-state index contributed by atoms with van der Waals surface area (Å²) in [5, 5.41) is 3.54. The Labute approximate surface area is 147 Å². The van der Waals surface area contributed by atoms with Crippen LogP contribution >= 0.6 is 0 Å². The number of aromatic nitrogens is 1. The summed E-state index contributed by atoms with van der Waals surface area (Å²) in [5.41, 5.74) is 5.02. The summed E-state index contributed by atoms with van der Waals surface area (Å²) in [6, 6.07) is 20.1. The number of amides is 1. The van der Waals surface area contributed by atoms with E-state index in [0.29, 0.717) is 6.54 Å². The number of carbonyl (C=O) groups is 1. The second-order valence-corrected chi connectivity index (χ2v) is 6.56. The molecule has 126 valence electrons. The van der Waals surface area contributed by atoms with Crippen LogP contribution in [0.3, 0.4) is 0 Å². The third-order valence-corrected chi connectivity index (χ3v) is 4.76. The maximum atomic E-state index is 13.2. The fourth-order valence-corrected chi connectivity index (χ4v) is 3.34. The second kappa shape index (κ2) is 6.13. The largest absolute Gasteiger partial charge is 0.360 e. The summed E-state index contributed by atoms with van der Waals surface area (Å²) in [7, 11) is 2.01. The standard InChI is InChI=1S/C21H21N3O/c1-15-9-11-16(12-10-15)14-24-20(19-8-5-13-23(19)2)22-18-7-4-3-6-17(18)21(24)25/h3-13,20,22H,14H2,1-2H3. The van der Waals surface area contributed by atoms with E-state index >= 15 is 0 Å². The predicted molar refractivity (Wildman–Crippen MR) is 99.3 cm³/mol. The maximum Gasteiger partial charge on any atom is 0.258 e. The summed E-state index contributed by atoms with van der Waals surface area (Å²) in [5.74, 6) is 0.0566. The van der Waals surface area contributed by atoms with Gasteiger partial charge < -0.3 is 14.8 Å². The van der Waals surface area contributed by atoms with E-state index in [0.717, 1.165) is 22.5 Å². The van der Waals surface area contributed by atoms with Crippen molar-refractivity contribution in [2.75, 3.05) is 5.32 Å². The lowest BCUT2D eigenvalue weighted by molar-refractivity contribution is 0.0660. The van der Waals surface area contributed by atoms with Crippen LogP contribution in [0.1, 0.15) is 33.3 Å². The highest BCUT2D eigenvalue weighted by Gasteiger charge is 2.33. The van der Waals surface area contributed by atoms with Gasteiger partial charge in [0.05, 0.1) is 11.3 Å². The molecule has 0 fully saturated rings. The number of rotatable bonds is 3. The molecule has 0 spiro atoms. The number of hydrogen-bond acceptors (Lipinski definition) is 2. The molecular formula is C21H21N3O. The molecular weight excluding hydrogens is 310 g/mol. The van der Waals surface area contributed by atoms with Gasteiger partial charge >= 0.3 is 0 Å². The molecule has 1 aliphatic heterocycles. The van der Waals surface area contributed by atoms with Crippen LogP contribution in [-0.2, 0) is 13.6 Å². The molecule has 2 heterocycles. The lowest BCUT2D eigenvalue weighted by Gasteiger charge is -2.38. The maximum absolute atomic E-state index is 13.2. The third-order valence-electron chi connectivity index (χ3n) is 4.76. The predicted octanol–water partition coefficient (Wildman–Crippen LogP) is 4.10. The fraction of sp³-hybridized carbons (Fsp3) is 0.190. The van der Waals surface area contributed by atoms with Gasteiger partial charge in [0, 0.05) is 25.5 Å². The molecule has 0 aliphatic carbocycles. The average Bonchev–Trinajstić information content (AvgIpc) is 3.05. The number of hydrogen-bond donors (Lipinski definition) is 1. The molecule has 0 saturated carbocycles. The lowest BCUT2D eigenvalue weighted by Crippen LogP contribution is -2.43. The van der Waals surface area contributed by atoms with Crippen LogP contribution in [0.15, 0.2) is 66.9 Å². The summed E-state index contributed by atoms with van der Waals surface area (Å²) < 4.78 is 2.06. The van der Waals surface area contributed by atoms with Crippen LogP contribution in [0.2, 0.25) is 0 Å². The molecule has 0 saturated heterocycles. The van der Waals surface area contributed by atoms with Crippen LogP contribution in [-0.4, -0.2) is 15.4 Å². The Balaban J connectivity index is 1.75. The fourth-order valence-electron chi connectivity index (χ4n) is 3.34. The average molecular weight is 331 g/mol. The summed E-state index contributed by atoms with van der Waals surface area (Å²) >= 11 is 0.